The fourth-order valence-corrected chi connectivity index (χ4v) is 3.26. The molecule has 7 heteroatoms. The summed E-state index contributed by atoms with van der Waals surface area (Å²) in [5.74, 6) is -0.402. The molecule has 0 atom stereocenters. The summed E-state index contributed by atoms with van der Waals surface area (Å²) in [5.41, 5.74) is 3.12. The van der Waals surface area contributed by atoms with Gasteiger partial charge in [0.15, 0.2) is 0 Å². The Balaban J connectivity index is 2.21. The highest BCUT2D eigenvalue weighted by molar-refractivity contribution is 9.10. The molecule has 128 valence electrons. The molecule has 2 aromatic carbocycles. The van der Waals surface area contributed by atoms with Gasteiger partial charge in [-0.3, -0.25) is 9.10 Å². The summed E-state index contributed by atoms with van der Waals surface area (Å²) in [4.78, 5) is 12.3. The highest BCUT2D eigenvalue weighted by Crippen LogP contribution is 2.21. The van der Waals surface area contributed by atoms with Crippen LogP contribution in [-0.2, 0) is 14.8 Å². The number of benzene rings is 2. The number of nitrogens with zero attached hydrogens (tertiary/aromatic N) is 1. The zero-order chi connectivity index (χ0) is 17.9. The average Bonchev–Trinajstić information content (AvgIpc) is 2.49. The summed E-state index contributed by atoms with van der Waals surface area (Å²) >= 11 is 3.32. The lowest BCUT2D eigenvalue weighted by Crippen LogP contribution is -2.37. The minimum absolute atomic E-state index is 0.280. The van der Waals surface area contributed by atoms with Gasteiger partial charge in [0, 0.05) is 10.2 Å². The molecule has 0 aliphatic heterocycles. The first-order valence-corrected chi connectivity index (χ1v) is 9.91. The van der Waals surface area contributed by atoms with E-state index in [0.717, 1.165) is 26.2 Å². The molecule has 0 bridgehead atoms. The predicted molar refractivity (Wildman–Crippen MR) is 101 cm³/mol. The van der Waals surface area contributed by atoms with Gasteiger partial charge < -0.3 is 5.32 Å². The molecule has 0 heterocycles. The first kappa shape index (κ1) is 18.5. The van der Waals surface area contributed by atoms with Crippen molar-refractivity contribution >= 4 is 43.2 Å². The summed E-state index contributed by atoms with van der Waals surface area (Å²) in [6, 6.07) is 12.4. The maximum Gasteiger partial charge on any atom is 0.245 e. The van der Waals surface area contributed by atoms with Gasteiger partial charge in [0.05, 0.1) is 11.9 Å². The highest BCUT2D eigenvalue weighted by atomic mass is 79.9. The Morgan fingerprint density at radius 1 is 1.08 bits per heavy atom. The fraction of sp³-hybridized carbons (Fsp3) is 0.235. The van der Waals surface area contributed by atoms with E-state index in [0.29, 0.717) is 11.4 Å². The molecular formula is C17H19BrN2O3S. The molecule has 2 aromatic rings. The van der Waals surface area contributed by atoms with Gasteiger partial charge in [-0.2, -0.15) is 0 Å². The van der Waals surface area contributed by atoms with Crippen LogP contribution < -0.4 is 9.62 Å². The summed E-state index contributed by atoms with van der Waals surface area (Å²) in [6.45, 7) is 3.57. The van der Waals surface area contributed by atoms with Crippen molar-refractivity contribution in [3.8, 4) is 0 Å². The topological polar surface area (TPSA) is 66.5 Å². The van der Waals surface area contributed by atoms with Gasteiger partial charge in [-0.25, -0.2) is 8.42 Å². The quantitative estimate of drug-likeness (QED) is 0.820. The number of sulfonamides is 1. The molecule has 0 spiro atoms. The van der Waals surface area contributed by atoms with E-state index in [9.17, 15) is 13.2 Å². The Morgan fingerprint density at radius 3 is 2.25 bits per heavy atom. The van der Waals surface area contributed by atoms with Crippen molar-refractivity contribution in [1.82, 2.24) is 0 Å². The number of carbonyl (C=O) groups is 1. The monoisotopic (exact) mass is 410 g/mol. The second-order valence-electron chi connectivity index (χ2n) is 5.59. The van der Waals surface area contributed by atoms with E-state index >= 15 is 0 Å². The molecule has 0 radical (unpaired) electrons. The zero-order valence-corrected chi connectivity index (χ0v) is 16.1. The minimum atomic E-state index is -3.58. The van der Waals surface area contributed by atoms with Crippen LogP contribution in [0.5, 0.6) is 0 Å². The van der Waals surface area contributed by atoms with E-state index in [1.807, 2.05) is 19.9 Å². The lowest BCUT2D eigenvalue weighted by Gasteiger charge is -2.22. The first-order chi connectivity index (χ1) is 11.2. The third-order valence-electron chi connectivity index (χ3n) is 3.59. The van der Waals surface area contributed by atoms with E-state index in [-0.39, 0.29) is 6.54 Å². The Kier molecular flexibility index (Phi) is 5.66. The second kappa shape index (κ2) is 7.36. The van der Waals surface area contributed by atoms with Crippen LogP contribution >= 0.6 is 15.9 Å². The second-order valence-corrected chi connectivity index (χ2v) is 8.42. The number of rotatable bonds is 5. The van der Waals surface area contributed by atoms with Crippen LogP contribution in [0.25, 0.3) is 0 Å². The Morgan fingerprint density at radius 2 is 1.71 bits per heavy atom. The molecule has 0 aliphatic carbocycles. The van der Waals surface area contributed by atoms with Crippen LogP contribution in [0.15, 0.2) is 46.9 Å². The van der Waals surface area contributed by atoms with Gasteiger partial charge in [0.1, 0.15) is 6.54 Å². The number of nitrogens with one attached hydrogen (secondary N) is 1. The number of anilines is 2. The van der Waals surface area contributed by atoms with Crippen LogP contribution in [0.3, 0.4) is 0 Å². The molecule has 1 N–H and O–H groups in total. The van der Waals surface area contributed by atoms with Gasteiger partial charge in [-0.15, -0.1) is 0 Å². The average molecular weight is 411 g/mol. The normalized spacial score (nSPS) is 11.2. The van der Waals surface area contributed by atoms with Crippen molar-refractivity contribution < 1.29 is 13.2 Å². The predicted octanol–water partition coefficient (Wildman–Crippen LogP) is 3.47. The summed E-state index contributed by atoms with van der Waals surface area (Å²) < 4.78 is 26.2. The number of hydrogen-bond donors (Lipinski definition) is 1. The maximum atomic E-state index is 12.3. The van der Waals surface area contributed by atoms with Crippen LogP contribution in [0, 0.1) is 13.8 Å². The molecule has 5 nitrogen and oxygen atoms in total. The maximum absolute atomic E-state index is 12.3. The van der Waals surface area contributed by atoms with Crippen LogP contribution in [-0.4, -0.2) is 27.1 Å². The van der Waals surface area contributed by atoms with Crippen molar-refractivity contribution in [3.63, 3.8) is 0 Å². The number of carbonyl (C=O) groups excluding carboxylic acids is 1. The van der Waals surface area contributed by atoms with Gasteiger partial charge in [-0.1, -0.05) is 22.0 Å². The van der Waals surface area contributed by atoms with Crippen molar-refractivity contribution in [2.24, 2.45) is 0 Å². The largest absolute Gasteiger partial charge is 0.325 e. The molecule has 0 unspecified atom stereocenters. The summed E-state index contributed by atoms with van der Waals surface area (Å²) in [6.07, 6.45) is 1.09. The van der Waals surface area contributed by atoms with E-state index < -0.39 is 15.9 Å². The van der Waals surface area contributed by atoms with E-state index in [4.69, 9.17) is 0 Å². The molecule has 2 rings (SSSR count). The standard InChI is InChI=1S/C17H19BrN2O3S/c1-12-4-9-16(10-13(12)2)20(24(3,22)23)11-17(21)19-15-7-5-14(18)6-8-15/h4-10H,11H2,1-3H3,(H,19,21). The Hall–Kier alpha value is -1.86. The van der Waals surface area contributed by atoms with Crippen molar-refractivity contribution in [1.29, 1.82) is 0 Å². The number of aryl methyl sites for hydroxylation is 2. The van der Waals surface area contributed by atoms with Gasteiger partial charge in [-0.05, 0) is 61.4 Å². The lowest BCUT2D eigenvalue weighted by atomic mass is 10.1. The Labute approximate surface area is 150 Å². The molecule has 0 aromatic heterocycles. The third-order valence-corrected chi connectivity index (χ3v) is 5.26. The SMILES string of the molecule is Cc1ccc(N(CC(=O)Nc2ccc(Br)cc2)S(C)(=O)=O)cc1C. The molecule has 0 saturated heterocycles. The number of halogens is 1. The smallest absolute Gasteiger partial charge is 0.245 e. The Bertz CT molecular complexity index is 849. The van der Waals surface area contributed by atoms with E-state index in [1.165, 1.54) is 0 Å². The van der Waals surface area contributed by atoms with Crippen molar-refractivity contribution in [2.75, 3.05) is 22.4 Å². The molecule has 1 amide bonds. The number of hydrogen-bond acceptors (Lipinski definition) is 3. The molecule has 0 fully saturated rings. The highest BCUT2D eigenvalue weighted by Gasteiger charge is 2.21. The van der Waals surface area contributed by atoms with Gasteiger partial charge in [0.25, 0.3) is 0 Å². The van der Waals surface area contributed by atoms with E-state index in [1.54, 1.807) is 36.4 Å². The molecule has 24 heavy (non-hydrogen) atoms. The van der Waals surface area contributed by atoms with Crippen LogP contribution in [0.2, 0.25) is 0 Å². The van der Waals surface area contributed by atoms with Crippen molar-refractivity contribution in [2.45, 2.75) is 13.8 Å². The lowest BCUT2D eigenvalue weighted by molar-refractivity contribution is -0.114. The van der Waals surface area contributed by atoms with E-state index in [2.05, 4.69) is 21.2 Å². The molecular weight excluding hydrogens is 392 g/mol. The fourth-order valence-electron chi connectivity index (χ4n) is 2.14. The number of amides is 1. The van der Waals surface area contributed by atoms with Gasteiger partial charge in [0.2, 0.25) is 15.9 Å². The van der Waals surface area contributed by atoms with Crippen LogP contribution in [0.1, 0.15) is 11.1 Å². The van der Waals surface area contributed by atoms with Crippen LogP contribution in [0.4, 0.5) is 11.4 Å². The summed E-state index contributed by atoms with van der Waals surface area (Å²) in [7, 11) is -3.58. The van der Waals surface area contributed by atoms with Crippen molar-refractivity contribution in [3.05, 3.63) is 58.1 Å². The molecule has 0 saturated carbocycles. The van der Waals surface area contributed by atoms with Gasteiger partial charge >= 0.3 is 0 Å². The zero-order valence-electron chi connectivity index (χ0n) is 13.7. The molecule has 0 aliphatic rings. The first-order valence-electron chi connectivity index (χ1n) is 7.27. The minimum Gasteiger partial charge on any atom is -0.325 e. The third kappa shape index (κ3) is 4.82. The summed E-state index contributed by atoms with van der Waals surface area (Å²) in [5, 5.41) is 2.70.